The van der Waals surface area contributed by atoms with Crippen molar-refractivity contribution in [3.05, 3.63) is 34.9 Å². The highest BCUT2D eigenvalue weighted by atomic mass is 16.5. The van der Waals surface area contributed by atoms with Crippen LogP contribution in [0.25, 0.3) is 0 Å². The van der Waals surface area contributed by atoms with Gasteiger partial charge in [0.15, 0.2) is 0 Å². The molecule has 3 heteroatoms. The van der Waals surface area contributed by atoms with E-state index in [1.54, 1.807) is 0 Å². The van der Waals surface area contributed by atoms with Crippen LogP contribution in [0.5, 0.6) is 0 Å². The molecule has 1 aliphatic rings. The van der Waals surface area contributed by atoms with Crippen LogP contribution in [0, 0.1) is 13.8 Å². The summed E-state index contributed by atoms with van der Waals surface area (Å²) in [6.45, 7) is 6.07. The summed E-state index contributed by atoms with van der Waals surface area (Å²) in [4.78, 5) is 0. The highest BCUT2D eigenvalue weighted by Gasteiger charge is 2.25. The van der Waals surface area contributed by atoms with Gasteiger partial charge in [-0.15, -0.1) is 0 Å². The van der Waals surface area contributed by atoms with Crippen molar-refractivity contribution in [2.24, 2.45) is 0 Å². The second-order valence-corrected chi connectivity index (χ2v) is 4.51. The largest absolute Gasteiger partial charge is 0.389 e. The third-order valence-corrected chi connectivity index (χ3v) is 3.19. The predicted molar refractivity (Wildman–Crippen MR) is 63.4 cm³/mol. The van der Waals surface area contributed by atoms with Crippen molar-refractivity contribution in [3.63, 3.8) is 0 Å². The Morgan fingerprint density at radius 3 is 2.75 bits per heavy atom. The van der Waals surface area contributed by atoms with E-state index in [-0.39, 0.29) is 12.1 Å². The van der Waals surface area contributed by atoms with Gasteiger partial charge in [-0.25, -0.2) is 0 Å². The van der Waals surface area contributed by atoms with Crippen molar-refractivity contribution >= 4 is 0 Å². The maximum atomic E-state index is 9.58. The summed E-state index contributed by atoms with van der Waals surface area (Å²) in [6, 6.07) is 6.51. The molecule has 2 N–H and O–H groups in total. The van der Waals surface area contributed by atoms with Gasteiger partial charge in [0.05, 0.1) is 25.4 Å². The zero-order valence-corrected chi connectivity index (χ0v) is 9.86. The zero-order chi connectivity index (χ0) is 11.5. The topological polar surface area (TPSA) is 41.5 Å². The van der Waals surface area contributed by atoms with Gasteiger partial charge in [-0.1, -0.05) is 18.2 Å². The highest BCUT2D eigenvalue weighted by molar-refractivity contribution is 5.29. The van der Waals surface area contributed by atoms with Crippen LogP contribution in [-0.2, 0) is 11.3 Å². The van der Waals surface area contributed by atoms with Gasteiger partial charge in [0.1, 0.15) is 0 Å². The summed E-state index contributed by atoms with van der Waals surface area (Å²) in [5, 5.41) is 12.9. The molecule has 0 amide bonds. The quantitative estimate of drug-likeness (QED) is 0.804. The van der Waals surface area contributed by atoms with E-state index in [1.807, 2.05) is 0 Å². The normalized spacial score (nSPS) is 24.9. The number of benzene rings is 1. The summed E-state index contributed by atoms with van der Waals surface area (Å²) in [5.74, 6) is 0. The van der Waals surface area contributed by atoms with Crippen LogP contribution in [0.4, 0.5) is 0 Å². The lowest BCUT2D eigenvalue weighted by Crippen LogP contribution is -2.38. The fourth-order valence-electron chi connectivity index (χ4n) is 1.90. The monoisotopic (exact) mass is 221 g/mol. The van der Waals surface area contributed by atoms with Crippen molar-refractivity contribution in [1.29, 1.82) is 0 Å². The molecule has 2 unspecified atom stereocenters. The van der Waals surface area contributed by atoms with Crippen LogP contribution < -0.4 is 5.32 Å². The Morgan fingerprint density at radius 2 is 2.12 bits per heavy atom. The Balaban J connectivity index is 1.91. The van der Waals surface area contributed by atoms with Crippen LogP contribution in [0.2, 0.25) is 0 Å². The third-order valence-electron chi connectivity index (χ3n) is 3.19. The van der Waals surface area contributed by atoms with Gasteiger partial charge in [-0.05, 0) is 30.5 Å². The first-order valence-corrected chi connectivity index (χ1v) is 5.72. The lowest BCUT2D eigenvalue weighted by molar-refractivity contribution is 0.122. The van der Waals surface area contributed by atoms with E-state index in [1.165, 1.54) is 16.7 Å². The minimum absolute atomic E-state index is 0.0709. The second kappa shape index (κ2) is 4.95. The minimum atomic E-state index is -0.369. The van der Waals surface area contributed by atoms with Crippen LogP contribution in [0.1, 0.15) is 16.7 Å². The van der Waals surface area contributed by atoms with Gasteiger partial charge >= 0.3 is 0 Å². The average molecular weight is 221 g/mol. The van der Waals surface area contributed by atoms with E-state index < -0.39 is 0 Å². The molecular weight excluding hydrogens is 202 g/mol. The van der Waals surface area contributed by atoms with Gasteiger partial charge in [-0.3, -0.25) is 0 Å². The molecule has 2 rings (SSSR count). The molecule has 1 aromatic carbocycles. The molecule has 88 valence electrons. The molecule has 2 atom stereocenters. The van der Waals surface area contributed by atoms with Crippen LogP contribution >= 0.6 is 0 Å². The second-order valence-electron chi connectivity index (χ2n) is 4.51. The molecule has 1 aliphatic heterocycles. The molecule has 3 nitrogen and oxygen atoms in total. The van der Waals surface area contributed by atoms with Gasteiger partial charge in [0, 0.05) is 6.54 Å². The van der Waals surface area contributed by atoms with Crippen LogP contribution in [0.3, 0.4) is 0 Å². The van der Waals surface area contributed by atoms with Gasteiger partial charge in [0.2, 0.25) is 0 Å². The Bertz CT molecular complexity index is 365. The Morgan fingerprint density at radius 1 is 1.31 bits per heavy atom. The van der Waals surface area contributed by atoms with Crippen molar-refractivity contribution < 1.29 is 9.84 Å². The van der Waals surface area contributed by atoms with Crippen LogP contribution in [0.15, 0.2) is 18.2 Å². The number of hydrogen-bond acceptors (Lipinski definition) is 3. The molecule has 0 aliphatic carbocycles. The predicted octanol–water partition coefficient (Wildman–Crippen LogP) is 1.15. The first-order chi connectivity index (χ1) is 7.66. The van der Waals surface area contributed by atoms with Gasteiger partial charge < -0.3 is 15.2 Å². The molecule has 0 spiro atoms. The van der Waals surface area contributed by atoms with Crippen LogP contribution in [-0.4, -0.2) is 30.5 Å². The molecular formula is C13H19NO2. The molecule has 0 radical (unpaired) electrons. The van der Waals surface area contributed by atoms with E-state index in [4.69, 9.17) is 4.74 Å². The van der Waals surface area contributed by atoms with Gasteiger partial charge in [0.25, 0.3) is 0 Å². The van der Waals surface area contributed by atoms with Crippen molar-refractivity contribution in [2.45, 2.75) is 32.5 Å². The Labute approximate surface area is 96.4 Å². The first-order valence-electron chi connectivity index (χ1n) is 5.72. The molecule has 0 bridgehead atoms. The maximum absolute atomic E-state index is 9.58. The Kier molecular flexibility index (Phi) is 3.59. The zero-order valence-electron chi connectivity index (χ0n) is 9.86. The number of aliphatic hydroxyl groups excluding tert-OH is 1. The number of nitrogens with one attached hydrogen (secondary N) is 1. The van der Waals surface area contributed by atoms with E-state index in [2.05, 4.69) is 37.4 Å². The lowest BCUT2D eigenvalue weighted by atomic mass is 10.1. The smallest absolute Gasteiger partial charge is 0.0948 e. The minimum Gasteiger partial charge on any atom is -0.389 e. The molecule has 1 aromatic rings. The van der Waals surface area contributed by atoms with Crippen molar-refractivity contribution in [1.82, 2.24) is 5.32 Å². The van der Waals surface area contributed by atoms with E-state index >= 15 is 0 Å². The van der Waals surface area contributed by atoms with Crippen molar-refractivity contribution in [2.75, 3.05) is 13.2 Å². The maximum Gasteiger partial charge on any atom is 0.0948 e. The highest BCUT2D eigenvalue weighted by Crippen LogP contribution is 2.11. The molecule has 1 fully saturated rings. The standard InChI is InChI=1S/C13H19NO2/c1-9-3-4-11(5-10(9)2)6-14-12-7-16-8-13(12)15/h3-5,12-15H,6-8H2,1-2H3. The summed E-state index contributed by atoms with van der Waals surface area (Å²) in [5.41, 5.74) is 3.87. The summed E-state index contributed by atoms with van der Waals surface area (Å²) in [7, 11) is 0. The fraction of sp³-hybridized carbons (Fsp3) is 0.538. The number of hydrogen-bond donors (Lipinski definition) is 2. The average Bonchev–Trinajstić information content (AvgIpc) is 2.66. The first kappa shape index (κ1) is 11.6. The molecule has 16 heavy (non-hydrogen) atoms. The van der Waals surface area contributed by atoms with E-state index in [0.717, 1.165) is 6.54 Å². The number of aliphatic hydroxyl groups is 1. The molecule has 0 aromatic heterocycles. The fourth-order valence-corrected chi connectivity index (χ4v) is 1.90. The number of ether oxygens (including phenoxy) is 1. The van der Waals surface area contributed by atoms with E-state index in [0.29, 0.717) is 13.2 Å². The molecule has 1 saturated heterocycles. The van der Waals surface area contributed by atoms with Crippen molar-refractivity contribution in [3.8, 4) is 0 Å². The summed E-state index contributed by atoms with van der Waals surface area (Å²) in [6.07, 6.45) is -0.369. The van der Waals surface area contributed by atoms with Gasteiger partial charge in [-0.2, -0.15) is 0 Å². The SMILES string of the molecule is Cc1ccc(CNC2COCC2O)cc1C. The molecule has 1 heterocycles. The number of rotatable bonds is 3. The lowest BCUT2D eigenvalue weighted by Gasteiger charge is -2.15. The third kappa shape index (κ3) is 2.61. The summed E-state index contributed by atoms with van der Waals surface area (Å²) < 4.78 is 5.19. The number of aryl methyl sites for hydroxylation is 2. The Hall–Kier alpha value is -0.900. The van der Waals surface area contributed by atoms with E-state index in [9.17, 15) is 5.11 Å². The molecule has 0 saturated carbocycles. The summed E-state index contributed by atoms with van der Waals surface area (Å²) >= 11 is 0.